The maximum absolute atomic E-state index is 10.8. The number of aromatic amines is 2. The van der Waals surface area contributed by atoms with Gasteiger partial charge in [0.25, 0.3) is 5.56 Å². The Hall–Kier alpha value is -2.72. The van der Waals surface area contributed by atoms with E-state index in [9.17, 15) is 19.2 Å². The number of H-pyrrole nitrogens is 2. The van der Waals surface area contributed by atoms with Crippen LogP contribution < -0.4 is 22.3 Å². The van der Waals surface area contributed by atoms with E-state index in [-0.39, 0.29) is 24.1 Å². The standard InChI is InChI=1S/C9H14N2O4.C4H4N2O2/c1-6(12)14-9-3-2-7(15-9)5-11-8(13)4-10;7-3-1-2-5-4(8)6-3/h2-3,7,9H,4-5,10H2,1H3,(H,11,13);1-2H,(H2,5,6,7,8)/t7-,9+;/m0./s1. The van der Waals surface area contributed by atoms with Crippen molar-refractivity contribution in [2.75, 3.05) is 13.1 Å². The van der Waals surface area contributed by atoms with Gasteiger partial charge in [0.15, 0.2) is 0 Å². The molecule has 10 nitrogen and oxygen atoms in total. The maximum atomic E-state index is 10.8. The molecule has 126 valence electrons. The van der Waals surface area contributed by atoms with Gasteiger partial charge in [0, 0.05) is 25.7 Å². The first-order chi connectivity index (χ1) is 10.9. The lowest BCUT2D eigenvalue weighted by Gasteiger charge is -2.14. The van der Waals surface area contributed by atoms with Gasteiger partial charge in [0.1, 0.15) is 0 Å². The number of ether oxygens (including phenoxy) is 2. The van der Waals surface area contributed by atoms with Crippen LogP contribution in [0.5, 0.6) is 0 Å². The van der Waals surface area contributed by atoms with Gasteiger partial charge in [-0.3, -0.25) is 19.4 Å². The molecule has 0 unspecified atom stereocenters. The summed E-state index contributed by atoms with van der Waals surface area (Å²) in [6, 6.07) is 1.24. The van der Waals surface area contributed by atoms with E-state index in [4.69, 9.17) is 15.2 Å². The Morgan fingerprint density at radius 3 is 2.65 bits per heavy atom. The van der Waals surface area contributed by atoms with Gasteiger partial charge in [0.05, 0.1) is 12.6 Å². The zero-order valence-electron chi connectivity index (χ0n) is 12.4. The van der Waals surface area contributed by atoms with Crippen molar-refractivity contribution in [1.29, 1.82) is 0 Å². The van der Waals surface area contributed by atoms with E-state index in [1.54, 1.807) is 12.2 Å². The number of amides is 1. The number of rotatable bonds is 4. The number of carbonyl (C=O) groups excluding carboxylic acids is 2. The van der Waals surface area contributed by atoms with Gasteiger partial charge in [-0.25, -0.2) is 4.79 Å². The second-order valence-electron chi connectivity index (χ2n) is 4.34. The van der Waals surface area contributed by atoms with E-state index in [2.05, 4.69) is 10.3 Å². The van der Waals surface area contributed by atoms with E-state index in [0.29, 0.717) is 6.54 Å². The zero-order valence-corrected chi connectivity index (χ0v) is 12.4. The fourth-order valence-electron chi connectivity index (χ4n) is 1.49. The Morgan fingerprint density at radius 1 is 1.39 bits per heavy atom. The van der Waals surface area contributed by atoms with Crippen LogP contribution in [0.15, 0.2) is 34.0 Å². The molecule has 0 spiro atoms. The summed E-state index contributed by atoms with van der Waals surface area (Å²) < 4.78 is 10.0. The van der Waals surface area contributed by atoms with Gasteiger partial charge in [-0.2, -0.15) is 0 Å². The average molecular weight is 326 g/mol. The molecule has 2 rings (SSSR count). The van der Waals surface area contributed by atoms with E-state index >= 15 is 0 Å². The van der Waals surface area contributed by atoms with Crippen LogP contribution in [0, 0.1) is 0 Å². The molecule has 10 heteroatoms. The molecule has 2 atom stereocenters. The summed E-state index contributed by atoms with van der Waals surface area (Å²) in [6.45, 7) is 1.58. The number of aromatic nitrogens is 2. The number of hydrogen-bond acceptors (Lipinski definition) is 7. The van der Waals surface area contributed by atoms with Gasteiger partial charge in [-0.15, -0.1) is 0 Å². The summed E-state index contributed by atoms with van der Waals surface area (Å²) >= 11 is 0. The molecular weight excluding hydrogens is 308 g/mol. The summed E-state index contributed by atoms with van der Waals surface area (Å²) in [7, 11) is 0. The largest absolute Gasteiger partial charge is 0.432 e. The van der Waals surface area contributed by atoms with Crippen LogP contribution >= 0.6 is 0 Å². The van der Waals surface area contributed by atoms with Gasteiger partial charge in [-0.05, 0) is 6.08 Å². The van der Waals surface area contributed by atoms with Gasteiger partial charge in [-0.1, -0.05) is 6.08 Å². The molecule has 0 saturated carbocycles. The van der Waals surface area contributed by atoms with Crippen molar-refractivity contribution in [3.63, 3.8) is 0 Å². The fraction of sp³-hybridized carbons (Fsp3) is 0.385. The highest BCUT2D eigenvalue weighted by atomic mass is 16.7. The van der Waals surface area contributed by atoms with Crippen LogP contribution in [-0.2, 0) is 19.1 Å². The van der Waals surface area contributed by atoms with Crippen molar-refractivity contribution >= 4 is 11.9 Å². The predicted molar refractivity (Wildman–Crippen MR) is 79.3 cm³/mol. The molecule has 0 aliphatic carbocycles. The Balaban J connectivity index is 0.000000277. The molecule has 1 aromatic heterocycles. The van der Waals surface area contributed by atoms with Crippen LogP contribution in [0.2, 0.25) is 0 Å². The number of carbonyl (C=O) groups is 2. The van der Waals surface area contributed by atoms with Crippen LogP contribution in [0.25, 0.3) is 0 Å². The molecule has 0 radical (unpaired) electrons. The van der Waals surface area contributed by atoms with Gasteiger partial charge >= 0.3 is 11.7 Å². The van der Waals surface area contributed by atoms with Crippen molar-refractivity contribution in [1.82, 2.24) is 15.3 Å². The number of nitrogens with one attached hydrogen (secondary N) is 3. The molecule has 2 heterocycles. The molecule has 0 bridgehead atoms. The summed E-state index contributed by atoms with van der Waals surface area (Å²) in [5, 5.41) is 2.57. The van der Waals surface area contributed by atoms with E-state index in [0.717, 1.165) is 0 Å². The Morgan fingerprint density at radius 2 is 2.13 bits per heavy atom. The van der Waals surface area contributed by atoms with Crippen molar-refractivity contribution in [2.45, 2.75) is 19.3 Å². The molecule has 23 heavy (non-hydrogen) atoms. The molecule has 5 N–H and O–H groups in total. The second kappa shape index (κ2) is 9.33. The van der Waals surface area contributed by atoms with Crippen LogP contribution in [-0.4, -0.2) is 47.3 Å². The van der Waals surface area contributed by atoms with Crippen molar-refractivity contribution in [2.24, 2.45) is 5.73 Å². The van der Waals surface area contributed by atoms with E-state index in [1.807, 2.05) is 4.98 Å². The first kappa shape index (κ1) is 18.3. The molecule has 0 fully saturated rings. The minimum Gasteiger partial charge on any atom is -0.432 e. The van der Waals surface area contributed by atoms with E-state index in [1.165, 1.54) is 19.2 Å². The highest BCUT2D eigenvalue weighted by molar-refractivity contribution is 5.77. The van der Waals surface area contributed by atoms with E-state index < -0.39 is 17.9 Å². The first-order valence-corrected chi connectivity index (χ1v) is 6.66. The Kier molecular flexibility index (Phi) is 7.43. The molecule has 1 aromatic rings. The second-order valence-corrected chi connectivity index (χ2v) is 4.34. The molecule has 1 amide bonds. The lowest BCUT2D eigenvalue weighted by Crippen LogP contribution is -2.36. The van der Waals surface area contributed by atoms with Gasteiger partial charge in [0.2, 0.25) is 12.2 Å². The SMILES string of the molecule is CC(=O)O[C@H]1C=C[C@@H](CNC(=O)CN)O1.O=c1cc[nH]c(=O)[nH]1. The van der Waals surface area contributed by atoms with Crippen molar-refractivity contribution in [3.8, 4) is 0 Å². The Labute approximate surface area is 130 Å². The van der Waals surface area contributed by atoms with Crippen molar-refractivity contribution in [3.05, 3.63) is 45.3 Å². The maximum Gasteiger partial charge on any atom is 0.325 e. The molecule has 1 aliphatic heterocycles. The minimum absolute atomic E-state index is 0.0518. The molecular formula is C13H18N4O6. The highest BCUT2D eigenvalue weighted by Gasteiger charge is 2.21. The molecule has 0 aromatic carbocycles. The third-order valence-corrected chi connectivity index (χ3v) is 2.45. The average Bonchev–Trinajstić information content (AvgIpc) is 2.92. The summed E-state index contributed by atoms with van der Waals surface area (Å²) in [5.74, 6) is -0.653. The van der Waals surface area contributed by atoms with Crippen LogP contribution in [0.3, 0.4) is 0 Å². The van der Waals surface area contributed by atoms with Crippen molar-refractivity contribution < 1.29 is 19.1 Å². The smallest absolute Gasteiger partial charge is 0.325 e. The van der Waals surface area contributed by atoms with Crippen LogP contribution in [0.4, 0.5) is 0 Å². The number of hydrogen-bond donors (Lipinski definition) is 4. The summed E-state index contributed by atoms with van der Waals surface area (Å²) in [4.78, 5) is 46.1. The summed E-state index contributed by atoms with van der Waals surface area (Å²) in [5.41, 5.74) is 4.25. The Bertz CT molecular complexity index is 639. The van der Waals surface area contributed by atoms with Gasteiger partial charge < -0.3 is 25.5 Å². The molecule has 1 aliphatic rings. The number of nitrogens with two attached hydrogens (primary N) is 1. The third kappa shape index (κ3) is 7.74. The quantitative estimate of drug-likeness (QED) is 0.367. The zero-order chi connectivity index (χ0) is 17.2. The van der Waals surface area contributed by atoms with Crippen LogP contribution in [0.1, 0.15) is 6.92 Å². The lowest BCUT2D eigenvalue weighted by molar-refractivity contribution is -0.167. The predicted octanol–water partition coefficient (Wildman–Crippen LogP) is -2.03. The highest BCUT2D eigenvalue weighted by Crippen LogP contribution is 2.11. The summed E-state index contributed by atoms with van der Waals surface area (Å²) in [6.07, 6.45) is 3.72. The lowest BCUT2D eigenvalue weighted by atomic mass is 10.3. The normalized spacial score (nSPS) is 18.7. The topological polar surface area (TPSA) is 156 Å². The molecule has 0 saturated heterocycles. The first-order valence-electron chi connectivity index (χ1n) is 6.66. The minimum atomic E-state index is -0.651. The number of esters is 1. The monoisotopic (exact) mass is 326 g/mol. The third-order valence-electron chi connectivity index (χ3n) is 2.45. The fourth-order valence-corrected chi connectivity index (χ4v) is 1.49.